The van der Waals surface area contributed by atoms with E-state index in [4.69, 9.17) is 21.4 Å². The van der Waals surface area contributed by atoms with Crippen LogP contribution in [0.5, 0.6) is 11.5 Å². The first kappa shape index (κ1) is 22.8. The molecule has 0 aromatic heterocycles. The molecule has 0 aliphatic carbocycles. The van der Waals surface area contributed by atoms with Gasteiger partial charge in [0, 0.05) is 5.69 Å². The zero-order valence-corrected chi connectivity index (χ0v) is 16.4. The van der Waals surface area contributed by atoms with Crippen molar-refractivity contribution in [2.24, 2.45) is 0 Å². The number of para-hydroxylation sites is 1. The summed E-state index contributed by atoms with van der Waals surface area (Å²) in [5, 5.41) is 12.2. The summed E-state index contributed by atoms with van der Waals surface area (Å²) < 4.78 is 5.69. The number of carbonyl (C=O) groups excluding carboxylic acids is 1. The molecular formula is C19H22Cl2N2O4. The van der Waals surface area contributed by atoms with Crippen molar-refractivity contribution in [2.75, 3.05) is 25.0 Å². The van der Waals surface area contributed by atoms with Gasteiger partial charge in [0.1, 0.15) is 11.5 Å². The van der Waals surface area contributed by atoms with Gasteiger partial charge in [-0.1, -0.05) is 30.7 Å². The third kappa shape index (κ3) is 7.86. The van der Waals surface area contributed by atoms with E-state index in [0.29, 0.717) is 28.8 Å². The van der Waals surface area contributed by atoms with E-state index in [1.807, 2.05) is 19.1 Å². The normalized spacial score (nSPS) is 10.2. The summed E-state index contributed by atoms with van der Waals surface area (Å²) >= 11 is 6.06. The molecule has 146 valence electrons. The maximum absolute atomic E-state index is 12.1. The van der Waals surface area contributed by atoms with Gasteiger partial charge in [-0.3, -0.25) is 14.5 Å². The highest BCUT2D eigenvalue weighted by atomic mass is 35.5. The van der Waals surface area contributed by atoms with Crippen LogP contribution < -0.4 is 10.1 Å². The number of anilines is 1. The Labute approximate surface area is 169 Å². The minimum absolute atomic E-state index is 0. The van der Waals surface area contributed by atoms with Crippen LogP contribution in [-0.4, -0.2) is 41.5 Å². The number of carbonyl (C=O) groups is 2. The summed E-state index contributed by atoms with van der Waals surface area (Å²) in [6.45, 7) is 2.35. The first-order valence-corrected chi connectivity index (χ1v) is 8.62. The fourth-order valence-corrected chi connectivity index (χ4v) is 2.56. The Morgan fingerprint density at radius 3 is 2.37 bits per heavy atom. The molecule has 0 saturated carbocycles. The zero-order chi connectivity index (χ0) is 18.9. The van der Waals surface area contributed by atoms with Gasteiger partial charge in [0.2, 0.25) is 5.91 Å². The molecule has 0 fully saturated rings. The van der Waals surface area contributed by atoms with Crippen LogP contribution in [0.1, 0.15) is 13.3 Å². The van der Waals surface area contributed by atoms with Gasteiger partial charge in [-0.2, -0.15) is 0 Å². The summed E-state index contributed by atoms with van der Waals surface area (Å²) in [5.41, 5.74) is 0.605. The van der Waals surface area contributed by atoms with Gasteiger partial charge in [0.15, 0.2) is 0 Å². The molecule has 0 bridgehead atoms. The number of ether oxygens (including phenoxy) is 1. The monoisotopic (exact) mass is 412 g/mol. The molecule has 0 radical (unpaired) electrons. The predicted molar refractivity (Wildman–Crippen MR) is 108 cm³/mol. The van der Waals surface area contributed by atoms with Crippen molar-refractivity contribution >= 4 is 41.6 Å². The molecule has 1 amide bonds. The van der Waals surface area contributed by atoms with Gasteiger partial charge in [-0.05, 0) is 49.4 Å². The van der Waals surface area contributed by atoms with Crippen LogP contribution in [-0.2, 0) is 9.59 Å². The smallest absolute Gasteiger partial charge is 0.317 e. The Morgan fingerprint density at radius 1 is 1.11 bits per heavy atom. The Kier molecular flexibility index (Phi) is 9.64. The van der Waals surface area contributed by atoms with Gasteiger partial charge in [0.05, 0.1) is 18.1 Å². The number of carboxylic acid groups (broad SMARTS) is 1. The lowest BCUT2D eigenvalue weighted by atomic mass is 10.3. The number of carboxylic acids is 1. The average Bonchev–Trinajstić information content (AvgIpc) is 2.58. The van der Waals surface area contributed by atoms with Crippen molar-refractivity contribution < 1.29 is 19.4 Å². The number of rotatable bonds is 9. The summed E-state index contributed by atoms with van der Waals surface area (Å²) in [4.78, 5) is 24.5. The number of nitrogens with zero attached hydrogens (tertiary/aromatic N) is 1. The molecule has 27 heavy (non-hydrogen) atoms. The molecule has 0 aliphatic rings. The molecule has 2 rings (SSSR count). The number of halogens is 2. The number of amides is 1. The van der Waals surface area contributed by atoms with E-state index in [2.05, 4.69) is 5.32 Å². The minimum atomic E-state index is -0.952. The largest absolute Gasteiger partial charge is 0.480 e. The second kappa shape index (κ2) is 11.4. The highest BCUT2D eigenvalue weighted by molar-refractivity contribution is 6.32. The summed E-state index contributed by atoms with van der Waals surface area (Å²) in [7, 11) is 0. The summed E-state index contributed by atoms with van der Waals surface area (Å²) in [5.74, 6) is -0.0730. The van der Waals surface area contributed by atoms with Gasteiger partial charge >= 0.3 is 5.97 Å². The highest BCUT2D eigenvalue weighted by Crippen LogP contribution is 2.29. The van der Waals surface area contributed by atoms with Crippen molar-refractivity contribution in [2.45, 2.75) is 13.3 Å². The van der Waals surface area contributed by atoms with Gasteiger partial charge in [0.25, 0.3) is 0 Å². The Morgan fingerprint density at radius 2 is 1.78 bits per heavy atom. The van der Waals surface area contributed by atoms with Crippen molar-refractivity contribution in [3.63, 3.8) is 0 Å². The molecular weight excluding hydrogens is 391 g/mol. The second-order valence-electron chi connectivity index (χ2n) is 5.71. The van der Waals surface area contributed by atoms with E-state index in [9.17, 15) is 9.59 Å². The number of hydrogen-bond donors (Lipinski definition) is 2. The van der Waals surface area contributed by atoms with E-state index in [-0.39, 0.29) is 31.4 Å². The highest BCUT2D eigenvalue weighted by Gasteiger charge is 2.13. The molecule has 0 saturated heterocycles. The SMILES string of the molecule is CCCN(CC(=O)O)CC(=O)Nc1ccc(Oc2ccccc2Cl)cc1.Cl. The third-order valence-corrected chi connectivity index (χ3v) is 3.78. The lowest BCUT2D eigenvalue weighted by Crippen LogP contribution is -2.37. The Hall–Kier alpha value is -2.28. The molecule has 2 aromatic carbocycles. The topological polar surface area (TPSA) is 78.9 Å². The van der Waals surface area contributed by atoms with E-state index in [0.717, 1.165) is 6.42 Å². The van der Waals surface area contributed by atoms with E-state index in [1.165, 1.54) is 0 Å². The molecule has 0 atom stereocenters. The molecule has 0 aliphatic heterocycles. The lowest BCUT2D eigenvalue weighted by molar-refractivity contribution is -0.138. The van der Waals surface area contributed by atoms with Crippen molar-refractivity contribution in [1.29, 1.82) is 0 Å². The van der Waals surface area contributed by atoms with Crippen LogP contribution in [0.2, 0.25) is 5.02 Å². The number of hydrogen-bond acceptors (Lipinski definition) is 4. The molecule has 0 heterocycles. The van der Waals surface area contributed by atoms with Crippen LogP contribution in [0.3, 0.4) is 0 Å². The maximum atomic E-state index is 12.1. The zero-order valence-electron chi connectivity index (χ0n) is 14.9. The molecule has 2 aromatic rings. The van der Waals surface area contributed by atoms with E-state index in [1.54, 1.807) is 41.3 Å². The van der Waals surface area contributed by atoms with E-state index >= 15 is 0 Å². The molecule has 0 unspecified atom stereocenters. The number of benzene rings is 2. The molecule has 8 heteroatoms. The fourth-order valence-electron chi connectivity index (χ4n) is 2.39. The maximum Gasteiger partial charge on any atom is 0.317 e. The second-order valence-corrected chi connectivity index (χ2v) is 6.12. The average molecular weight is 413 g/mol. The quantitative estimate of drug-likeness (QED) is 0.641. The fraction of sp³-hybridized carbons (Fsp3) is 0.263. The number of nitrogens with one attached hydrogen (secondary N) is 1. The van der Waals surface area contributed by atoms with Gasteiger partial charge in [-0.25, -0.2) is 0 Å². The van der Waals surface area contributed by atoms with Crippen molar-refractivity contribution in [3.8, 4) is 11.5 Å². The van der Waals surface area contributed by atoms with Gasteiger partial charge in [-0.15, -0.1) is 12.4 Å². The summed E-state index contributed by atoms with van der Waals surface area (Å²) in [6, 6.07) is 14.0. The number of aliphatic carboxylic acids is 1. The first-order valence-electron chi connectivity index (χ1n) is 8.24. The third-order valence-electron chi connectivity index (χ3n) is 3.47. The predicted octanol–water partition coefficient (Wildman–Crippen LogP) is 4.29. The first-order chi connectivity index (χ1) is 12.5. The van der Waals surface area contributed by atoms with Crippen LogP contribution >= 0.6 is 24.0 Å². The van der Waals surface area contributed by atoms with Gasteiger partial charge < -0.3 is 15.2 Å². The van der Waals surface area contributed by atoms with Crippen molar-refractivity contribution in [1.82, 2.24) is 4.90 Å². The standard InChI is InChI=1S/C19H21ClN2O4.ClH/c1-2-11-22(13-19(24)25)12-18(23)21-14-7-9-15(10-8-14)26-17-6-4-3-5-16(17)20;/h3-10H,2,11-13H2,1H3,(H,21,23)(H,24,25);1H. The van der Waals surface area contributed by atoms with Crippen LogP contribution in [0, 0.1) is 0 Å². The minimum Gasteiger partial charge on any atom is -0.480 e. The Balaban J connectivity index is 0.00000364. The van der Waals surface area contributed by atoms with Crippen LogP contribution in [0.25, 0.3) is 0 Å². The van der Waals surface area contributed by atoms with Crippen LogP contribution in [0.15, 0.2) is 48.5 Å². The van der Waals surface area contributed by atoms with Crippen LogP contribution in [0.4, 0.5) is 5.69 Å². The summed E-state index contributed by atoms with van der Waals surface area (Å²) in [6.07, 6.45) is 0.772. The Bertz CT molecular complexity index is 754. The van der Waals surface area contributed by atoms with E-state index < -0.39 is 5.97 Å². The molecule has 6 nitrogen and oxygen atoms in total. The van der Waals surface area contributed by atoms with Crippen molar-refractivity contribution in [3.05, 3.63) is 53.6 Å². The lowest BCUT2D eigenvalue weighted by Gasteiger charge is -2.18. The molecule has 0 spiro atoms. The molecule has 2 N–H and O–H groups in total.